The molecule has 1 aliphatic rings. The van der Waals surface area contributed by atoms with Crippen molar-refractivity contribution < 1.29 is 19.5 Å². The van der Waals surface area contributed by atoms with Gasteiger partial charge in [-0.2, -0.15) is 0 Å². The lowest BCUT2D eigenvalue weighted by Gasteiger charge is -2.24. The molecule has 0 saturated carbocycles. The van der Waals surface area contributed by atoms with E-state index in [2.05, 4.69) is 10.6 Å². The molecular weight excluding hydrogens is 380 g/mol. The molecule has 3 rings (SSSR count). The summed E-state index contributed by atoms with van der Waals surface area (Å²) in [5.41, 5.74) is 6.94. The molecular formula is C16H15ClN4O4S. The zero-order valence-corrected chi connectivity index (χ0v) is 15.0. The van der Waals surface area contributed by atoms with E-state index >= 15 is 0 Å². The van der Waals surface area contributed by atoms with Gasteiger partial charge in [-0.3, -0.25) is 10.1 Å². The maximum absolute atomic E-state index is 12.2. The molecule has 2 aromatic rings. The molecule has 0 atom stereocenters. The van der Waals surface area contributed by atoms with Gasteiger partial charge in [-0.15, -0.1) is 11.3 Å². The van der Waals surface area contributed by atoms with Gasteiger partial charge in [-0.05, 0) is 36.2 Å². The van der Waals surface area contributed by atoms with Crippen LogP contribution in [0.2, 0.25) is 5.02 Å². The number of nitrogens with one attached hydrogen (secondary N) is 2. The van der Waals surface area contributed by atoms with Gasteiger partial charge in [-0.1, -0.05) is 11.6 Å². The molecule has 0 radical (unpaired) electrons. The van der Waals surface area contributed by atoms with Gasteiger partial charge in [0.1, 0.15) is 5.00 Å². The van der Waals surface area contributed by atoms with E-state index in [4.69, 9.17) is 22.4 Å². The minimum absolute atomic E-state index is 0.163. The lowest BCUT2D eigenvalue weighted by atomic mass is 10.0. The Labute approximate surface area is 157 Å². The third-order valence-corrected chi connectivity index (χ3v) is 5.29. The first-order valence-electron chi connectivity index (χ1n) is 7.61. The Kier molecular flexibility index (Phi) is 5.01. The third kappa shape index (κ3) is 3.73. The molecule has 4 amide bonds. The van der Waals surface area contributed by atoms with Crippen molar-refractivity contribution in [3.05, 3.63) is 45.3 Å². The van der Waals surface area contributed by atoms with Gasteiger partial charge in [0.15, 0.2) is 0 Å². The van der Waals surface area contributed by atoms with Gasteiger partial charge in [0, 0.05) is 22.1 Å². The van der Waals surface area contributed by atoms with Gasteiger partial charge in [0.25, 0.3) is 5.91 Å². The maximum Gasteiger partial charge on any atom is 0.407 e. The molecule has 1 aromatic heterocycles. The van der Waals surface area contributed by atoms with Crippen LogP contribution in [0.4, 0.5) is 20.3 Å². The average molecular weight is 395 g/mol. The van der Waals surface area contributed by atoms with Gasteiger partial charge < -0.3 is 21.1 Å². The van der Waals surface area contributed by atoms with Crippen molar-refractivity contribution in [3.8, 4) is 0 Å². The Morgan fingerprint density at radius 2 is 1.88 bits per heavy atom. The van der Waals surface area contributed by atoms with Crippen molar-refractivity contribution in [2.24, 2.45) is 5.73 Å². The van der Waals surface area contributed by atoms with Gasteiger partial charge in [0.05, 0.1) is 12.1 Å². The molecule has 5 N–H and O–H groups in total. The third-order valence-electron chi connectivity index (χ3n) is 3.90. The molecule has 0 unspecified atom stereocenters. The zero-order valence-electron chi connectivity index (χ0n) is 13.4. The Morgan fingerprint density at radius 1 is 1.19 bits per heavy atom. The van der Waals surface area contributed by atoms with Crippen LogP contribution in [0.1, 0.15) is 20.8 Å². The molecule has 0 spiro atoms. The molecule has 8 nitrogen and oxygen atoms in total. The van der Waals surface area contributed by atoms with Crippen LogP contribution in [-0.2, 0) is 13.0 Å². The highest BCUT2D eigenvalue weighted by Crippen LogP contribution is 2.37. The summed E-state index contributed by atoms with van der Waals surface area (Å²) < 4.78 is 0. The van der Waals surface area contributed by atoms with Crippen LogP contribution >= 0.6 is 22.9 Å². The summed E-state index contributed by atoms with van der Waals surface area (Å²) in [6.45, 7) is 0.436. The van der Waals surface area contributed by atoms with Crippen LogP contribution < -0.4 is 16.4 Å². The monoisotopic (exact) mass is 394 g/mol. The summed E-state index contributed by atoms with van der Waals surface area (Å²) in [5, 5.41) is 15.2. The number of carbonyl (C=O) groups is 3. The molecule has 0 fully saturated rings. The quantitative estimate of drug-likeness (QED) is 0.637. The van der Waals surface area contributed by atoms with E-state index in [1.165, 1.54) is 4.90 Å². The summed E-state index contributed by atoms with van der Waals surface area (Å²) in [6, 6.07) is 6.01. The standard InChI is InChI=1S/C16H15ClN4O4S/c17-8-1-3-9(4-2-8)19-15(23)20-14-12(13(18)22)10-5-6-21(16(24)25)7-11(10)26-14/h1-4H,5-7H2,(H2,18,22)(H,24,25)(H2,19,20,23). The number of urea groups is 1. The van der Waals surface area contributed by atoms with E-state index < -0.39 is 18.0 Å². The van der Waals surface area contributed by atoms with Crippen molar-refractivity contribution >= 4 is 51.7 Å². The van der Waals surface area contributed by atoms with Gasteiger partial charge >= 0.3 is 12.1 Å². The van der Waals surface area contributed by atoms with Crippen molar-refractivity contribution in [1.82, 2.24) is 4.90 Å². The molecule has 2 heterocycles. The molecule has 0 saturated heterocycles. The number of hydrogen-bond acceptors (Lipinski definition) is 4. The molecule has 26 heavy (non-hydrogen) atoms. The van der Waals surface area contributed by atoms with E-state index in [0.717, 1.165) is 11.3 Å². The Balaban J connectivity index is 1.81. The van der Waals surface area contributed by atoms with Crippen LogP contribution in [0, 0.1) is 0 Å². The predicted molar refractivity (Wildman–Crippen MR) is 99.1 cm³/mol. The second-order valence-corrected chi connectivity index (χ2v) is 7.15. The zero-order chi connectivity index (χ0) is 18.8. The Bertz CT molecular complexity index is 881. The topological polar surface area (TPSA) is 125 Å². The van der Waals surface area contributed by atoms with Gasteiger partial charge in [0.2, 0.25) is 0 Å². The lowest BCUT2D eigenvalue weighted by Crippen LogP contribution is -2.34. The number of amides is 4. The number of benzene rings is 1. The number of fused-ring (bicyclic) bond motifs is 1. The van der Waals surface area contributed by atoms with Crippen LogP contribution in [-0.4, -0.2) is 34.6 Å². The van der Waals surface area contributed by atoms with E-state index in [-0.39, 0.29) is 18.7 Å². The fourth-order valence-electron chi connectivity index (χ4n) is 2.71. The average Bonchev–Trinajstić information content (AvgIpc) is 2.93. The molecule has 0 bridgehead atoms. The Hall–Kier alpha value is -2.78. The van der Waals surface area contributed by atoms with E-state index in [9.17, 15) is 14.4 Å². The SMILES string of the molecule is NC(=O)c1c(NC(=O)Nc2ccc(Cl)cc2)sc2c1CCN(C(=O)O)C2. The highest BCUT2D eigenvalue weighted by molar-refractivity contribution is 7.17. The number of primary amides is 1. The number of rotatable bonds is 3. The minimum atomic E-state index is -1.03. The Morgan fingerprint density at radius 3 is 2.50 bits per heavy atom. The fraction of sp³-hybridized carbons (Fsp3) is 0.188. The van der Waals surface area contributed by atoms with Crippen LogP contribution in [0.5, 0.6) is 0 Å². The summed E-state index contributed by atoms with van der Waals surface area (Å²) >= 11 is 6.96. The number of carbonyl (C=O) groups excluding carboxylic acids is 2. The number of hydrogen-bond donors (Lipinski definition) is 4. The van der Waals surface area contributed by atoms with E-state index in [1.54, 1.807) is 24.3 Å². The van der Waals surface area contributed by atoms with Crippen LogP contribution in [0.3, 0.4) is 0 Å². The molecule has 1 aromatic carbocycles. The molecule has 136 valence electrons. The summed E-state index contributed by atoms with van der Waals surface area (Å²) in [7, 11) is 0. The lowest BCUT2D eigenvalue weighted by molar-refractivity contribution is 0.1000. The molecule has 0 aliphatic carbocycles. The number of nitrogens with two attached hydrogens (primary N) is 1. The van der Waals surface area contributed by atoms with Crippen molar-refractivity contribution in [2.75, 3.05) is 17.2 Å². The second-order valence-electron chi connectivity index (χ2n) is 5.61. The normalized spacial score (nSPS) is 13.0. The minimum Gasteiger partial charge on any atom is -0.465 e. The van der Waals surface area contributed by atoms with Crippen molar-refractivity contribution in [1.29, 1.82) is 0 Å². The first-order valence-corrected chi connectivity index (χ1v) is 8.80. The molecule has 10 heteroatoms. The van der Waals surface area contributed by atoms with Crippen molar-refractivity contribution in [3.63, 3.8) is 0 Å². The second kappa shape index (κ2) is 7.22. The largest absolute Gasteiger partial charge is 0.465 e. The highest BCUT2D eigenvalue weighted by atomic mass is 35.5. The van der Waals surface area contributed by atoms with Crippen LogP contribution in [0.15, 0.2) is 24.3 Å². The smallest absolute Gasteiger partial charge is 0.407 e. The fourth-order valence-corrected chi connectivity index (χ4v) is 4.10. The number of thiophene rings is 1. The first kappa shape index (κ1) is 18.0. The number of anilines is 2. The summed E-state index contributed by atoms with van der Waals surface area (Å²) in [4.78, 5) is 37.2. The first-order chi connectivity index (χ1) is 12.3. The van der Waals surface area contributed by atoms with Gasteiger partial charge in [-0.25, -0.2) is 9.59 Å². The number of halogens is 1. The summed E-state index contributed by atoms with van der Waals surface area (Å²) in [6.07, 6.45) is -0.656. The maximum atomic E-state index is 12.2. The predicted octanol–water partition coefficient (Wildman–Crippen LogP) is 3.18. The van der Waals surface area contributed by atoms with E-state index in [1.807, 2.05) is 0 Å². The molecule has 1 aliphatic heterocycles. The van der Waals surface area contributed by atoms with Crippen LogP contribution in [0.25, 0.3) is 0 Å². The summed E-state index contributed by atoms with van der Waals surface area (Å²) in [5.74, 6) is -0.659. The van der Waals surface area contributed by atoms with Crippen molar-refractivity contribution in [2.45, 2.75) is 13.0 Å². The van der Waals surface area contributed by atoms with E-state index in [0.29, 0.717) is 32.6 Å². The number of carboxylic acid groups (broad SMARTS) is 1. The number of nitrogens with zero attached hydrogens (tertiary/aromatic N) is 1. The highest BCUT2D eigenvalue weighted by Gasteiger charge is 2.29.